The summed E-state index contributed by atoms with van der Waals surface area (Å²) in [5, 5.41) is 15.3. The summed E-state index contributed by atoms with van der Waals surface area (Å²) in [7, 11) is -3.20. The van der Waals surface area contributed by atoms with Gasteiger partial charge in [-0.2, -0.15) is 0 Å². The molecule has 2 N–H and O–H groups in total. The van der Waals surface area contributed by atoms with Crippen LogP contribution in [-0.2, 0) is 14.8 Å². The van der Waals surface area contributed by atoms with E-state index in [0.29, 0.717) is 25.9 Å². The van der Waals surface area contributed by atoms with Crippen LogP contribution in [0.2, 0.25) is 0 Å². The summed E-state index contributed by atoms with van der Waals surface area (Å²) in [6.07, 6.45) is 1.40. The second kappa shape index (κ2) is 7.73. The molecular formula is C19H24N2O4S. The number of piperidine rings is 1. The number of amides is 1. The fourth-order valence-corrected chi connectivity index (χ4v) is 4.32. The molecule has 0 aromatic heterocycles. The van der Waals surface area contributed by atoms with Crippen LogP contribution in [0.15, 0.2) is 42.5 Å². The maximum atomic E-state index is 12.4. The van der Waals surface area contributed by atoms with Crippen molar-refractivity contribution in [1.82, 2.24) is 9.62 Å². The molecule has 2 aromatic rings. The van der Waals surface area contributed by atoms with Crippen molar-refractivity contribution in [2.45, 2.75) is 18.9 Å². The van der Waals surface area contributed by atoms with E-state index in [2.05, 4.69) is 5.32 Å². The normalized spacial score (nSPS) is 17.9. The quantitative estimate of drug-likeness (QED) is 0.831. The molecule has 1 amide bonds. The van der Waals surface area contributed by atoms with E-state index in [1.165, 1.54) is 10.6 Å². The number of aliphatic hydroxyl groups excluding tert-OH is 1. The van der Waals surface area contributed by atoms with Crippen LogP contribution in [0.4, 0.5) is 0 Å². The molecule has 1 aliphatic rings. The van der Waals surface area contributed by atoms with E-state index in [4.69, 9.17) is 0 Å². The molecule has 0 saturated carbocycles. The van der Waals surface area contributed by atoms with E-state index >= 15 is 0 Å². The zero-order valence-electron chi connectivity index (χ0n) is 14.8. The van der Waals surface area contributed by atoms with Gasteiger partial charge in [0.1, 0.15) is 0 Å². The third-order valence-electron chi connectivity index (χ3n) is 4.95. The summed E-state index contributed by atoms with van der Waals surface area (Å²) in [5.74, 6) is -0.342. The maximum absolute atomic E-state index is 12.4. The molecule has 1 atom stereocenters. The first-order valence-corrected chi connectivity index (χ1v) is 10.6. The van der Waals surface area contributed by atoms with Crippen LogP contribution in [0.1, 0.15) is 24.5 Å². The highest BCUT2D eigenvalue weighted by Crippen LogP contribution is 2.24. The minimum absolute atomic E-state index is 0.127. The lowest BCUT2D eigenvalue weighted by Gasteiger charge is -2.29. The molecule has 0 spiro atoms. The van der Waals surface area contributed by atoms with Gasteiger partial charge in [0.2, 0.25) is 15.9 Å². The average molecular weight is 376 g/mol. The fraction of sp³-hybridized carbons (Fsp3) is 0.421. The van der Waals surface area contributed by atoms with Crippen LogP contribution in [0.25, 0.3) is 10.8 Å². The first kappa shape index (κ1) is 18.8. The predicted octanol–water partition coefficient (Wildman–Crippen LogP) is 1.66. The maximum Gasteiger partial charge on any atom is 0.223 e. The highest BCUT2D eigenvalue weighted by molar-refractivity contribution is 7.88. The summed E-state index contributed by atoms with van der Waals surface area (Å²) < 4.78 is 24.5. The number of sulfonamides is 1. The lowest BCUT2D eigenvalue weighted by molar-refractivity contribution is -0.126. The van der Waals surface area contributed by atoms with Crippen molar-refractivity contribution in [2.75, 3.05) is 25.9 Å². The number of fused-ring (bicyclic) bond motifs is 1. The van der Waals surface area contributed by atoms with Crippen LogP contribution in [0.3, 0.4) is 0 Å². The highest BCUT2D eigenvalue weighted by Gasteiger charge is 2.29. The van der Waals surface area contributed by atoms with Gasteiger partial charge in [-0.1, -0.05) is 42.5 Å². The number of rotatable bonds is 5. The third-order valence-corrected chi connectivity index (χ3v) is 6.25. The molecule has 0 unspecified atom stereocenters. The van der Waals surface area contributed by atoms with E-state index in [1.807, 2.05) is 42.5 Å². The lowest BCUT2D eigenvalue weighted by atomic mass is 9.96. The number of aliphatic hydroxyl groups is 1. The van der Waals surface area contributed by atoms with Crippen molar-refractivity contribution >= 4 is 26.7 Å². The van der Waals surface area contributed by atoms with Gasteiger partial charge in [0, 0.05) is 25.6 Å². The molecule has 1 fully saturated rings. The SMILES string of the molecule is CS(=O)(=O)N1CCC(C(=O)NC[C@@H](O)c2cccc3ccccc23)CC1. The van der Waals surface area contributed by atoms with Crippen LogP contribution >= 0.6 is 0 Å². The van der Waals surface area contributed by atoms with Crippen LogP contribution in [0.5, 0.6) is 0 Å². The molecule has 0 bridgehead atoms. The van der Waals surface area contributed by atoms with E-state index < -0.39 is 16.1 Å². The molecule has 0 aliphatic carbocycles. The van der Waals surface area contributed by atoms with Gasteiger partial charge >= 0.3 is 0 Å². The minimum atomic E-state index is -3.20. The van der Waals surface area contributed by atoms with E-state index in [-0.39, 0.29) is 18.4 Å². The minimum Gasteiger partial charge on any atom is -0.387 e. The molecule has 1 saturated heterocycles. The zero-order chi connectivity index (χ0) is 18.7. The number of nitrogens with zero attached hydrogens (tertiary/aromatic N) is 1. The molecule has 7 heteroatoms. The third kappa shape index (κ3) is 4.23. The first-order chi connectivity index (χ1) is 12.4. The topological polar surface area (TPSA) is 86.7 Å². The molecule has 1 heterocycles. The summed E-state index contributed by atoms with van der Waals surface area (Å²) in [6.45, 7) is 0.866. The smallest absolute Gasteiger partial charge is 0.223 e. The number of carbonyl (C=O) groups is 1. The molecule has 3 rings (SSSR count). The van der Waals surface area contributed by atoms with Crippen molar-refractivity contribution in [1.29, 1.82) is 0 Å². The van der Waals surface area contributed by atoms with Crippen molar-refractivity contribution in [3.63, 3.8) is 0 Å². The van der Waals surface area contributed by atoms with Gasteiger partial charge in [-0.15, -0.1) is 0 Å². The predicted molar refractivity (Wildman–Crippen MR) is 101 cm³/mol. The van der Waals surface area contributed by atoms with Gasteiger partial charge in [-0.3, -0.25) is 4.79 Å². The van der Waals surface area contributed by atoms with Gasteiger partial charge in [0.25, 0.3) is 0 Å². The number of nitrogens with one attached hydrogen (secondary N) is 1. The van der Waals surface area contributed by atoms with E-state index in [0.717, 1.165) is 16.3 Å². The molecule has 26 heavy (non-hydrogen) atoms. The highest BCUT2D eigenvalue weighted by atomic mass is 32.2. The number of benzene rings is 2. The molecule has 2 aromatic carbocycles. The number of hydrogen-bond acceptors (Lipinski definition) is 4. The standard InChI is InChI=1S/C19H24N2O4S/c1-26(24,25)21-11-9-15(10-12-21)19(23)20-13-18(22)17-8-4-6-14-5-2-3-7-16(14)17/h2-8,15,18,22H,9-13H2,1H3,(H,20,23)/t18-/m1/s1. The van der Waals surface area contributed by atoms with Crippen LogP contribution in [0, 0.1) is 5.92 Å². The number of hydrogen-bond donors (Lipinski definition) is 2. The lowest BCUT2D eigenvalue weighted by Crippen LogP contribution is -2.43. The Morgan fingerprint density at radius 3 is 2.54 bits per heavy atom. The van der Waals surface area contributed by atoms with E-state index in [9.17, 15) is 18.3 Å². The average Bonchev–Trinajstić information content (AvgIpc) is 2.64. The Bertz CT molecular complexity index is 884. The van der Waals surface area contributed by atoms with Crippen molar-refractivity contribution in [2.24, 2.45) is 5.92 Å². The zero-order valence-corrected chi connectivity index (χ0v) is 15.6. The van der Waals surface area contributed by atoms with Crippen molar-refractivity contribution in [3.05, 3.63) is 48.0 Å². The van der Waals surface area contributed by atoms with Gasteiger partial charge in [0.05, 0.1) is 12.4 Å². The van der Waals surface area contributed by atoms with Crippen LogP contribution in [-0.4, -0.2) is 49.6 Å². The molecule has 6 nitrogen and oxygen atoms in total. The largest absolute Gasteiger partial charge is 0.387 e. The summed E-state index contributed by atoms with van der Waals surface area (Å²) in [5.41, 5.74) is 0.787. The number of carbonyl (C=O) groups excluding carboxylic acids is 1. The van der Waals surface area contributed by atoms with Gasteiger partial charge < -0.3 is 10.4 Å². The Kier molecular flexibility index (Phi) is 5.60. The summed E-state index contributed by atoms with van der Waals surface area (Å²) >= 11 is 0. The van der Waals surface area contributed by atoms with Gasteiger partial charge in [-0.25, -0.2) is 12.7 Å². The molecule has 0 radical (unpaired) electrons. The summed E-state index contributed by atoms with van der Waals surface area (Å²) in [6, 6.07) is 13.6. The van der Waals surface area contributed by atoms with Crippen molar-refractivity contribution in [3.8, 4) is 0 Å². The van der Waals surface area contributed by atoms with E-state index in [1.54, 1.807) is 0 Å². The Labute approximate surface area is 153 Å². The Balaban J connectivity index is 1.58. The molecular weight excluding hydrogens is 352 g/mol. The monoisotopic (exact) mass is 376 g/mol. The van der Waals surface area contributed by atoms with Crippen molar-refractivity contribution < 1.29 is 18.3 Å². The van der Waals surface area contributed by atoms with Gasteiger partial charge in [0.15, 0.2) is 0 Å². The van der Waals surface area contributed by atoms with Gasteiger partial charge in [-0.05, 0) is 29.2 Å². The summed E-state index contributed by atoms with van der Waals surface area (Å²) in [4.78, 5) is 12.4. The van der Waals surface area contributed by atoms with Crippen LogP contribution < -0.4 is 5.32 Å². The Morgan fingerprint density at radius 1 is 1.19 bits per heavy atom. The molecule has 1 aliphatic heterocycles. The first-order valence-electron chi connectivity index (χ1n) is 8.75. The Morgan fingerprint density at radius 2 is 1.85 bits per heavy atom. The fourth-order valence-electron chi connectivity index (χ4n) is 3.44. The second-order valence-corrected chi connectivity index (χ2v) is 8.75. The molecule has 140 valence electrons. The Hall–Kier alpha value is -1.96. The second-order valence-electron chi connectivity index (χ2n) is 6.77.